The van der Waals surface area contributed by atoms with Crippen LogP contribution in [0.2, 0.25) is 0 Å². The Labute approximate surface area is 118 Å². The van der Waals surface area contributed by atoms with Crippen molar-refractivity contribution in [1.29, 1.82) is 0 Å². The van der Waals surface area contributed by atoms with Gasteiger partial charge in [0.1, 0.15) is 11.9 Å². The van der Waals surface area contributed by atoms with Crippen molar-refractivity contribution in [2.75, 3.05) is 6.61 Å². The van der Waals surface area contributed by atoms with Crippen molar-refractivity contribution in [3.63, 3.8) is 0 Å². The summed E-state index contributed by atoms with van der Waals surface area (Å²) >= 11 is 0. The first-order valence-electron chi connectivity index (χ1n) is 7.34. The summed E-state index contributed by atoms with van der Waals surface area (Å²) in [4.78, 5) is 12.1. The van der Waals surface area contributed by atoms with Gasteiger partial charge in [-0.2, -0.15) is 0 Å². The normalized spacial score (nSPS) is 22.4. The van der Waals surface area contributed by atoms with E-state index < -0.39 is 6.10 Å². The van der Waals surface area contributed by atoms with Gasteiger partial charge in [0, 0.05) is 0 Å². The van der Waals surface area contributed by atoms with Crippen LogP contribution in [0.25, 0.3) is 0 Å². The number of ether oxygens (including phenoxy) is 1. The van der Waals surface area contributed by atoms with Crippen molar-refractivity contribution in [3.8, 4) is 0 Å². The number of halogens is 1. The van der Waals surface area contributed by atoms with E-state index in [0.29, 0.717) is 18.9 Å². The lowest BCUT2D eigenvalue weighted by Crippen LogP contribution is -2.36. The summed E-state index contributed by atoms with van der Waals surface area (Å²) in [5.74, 6) is 0.372. The molecule has 1 N–H and O–H groups in total. The number of rotatable bonds is 5. The van der Waals surface area contributed by atoms with Gasteiger partial charge in [0.15, 0.2) is 0 Å². The zero-order valence-electron chi connectivity index (χ0n) is 11.7. The van der Waals surface area contributed by atoms with Crippen molar-refractivity contribution in [1.82, 2.24) is 5.32 Å². The molecule has 0 heterocycles. The molecule has 4 heteroatoms. The summed E-state index contributed by atoms with van der Waals surface area (Å²) in [6.07, 6.45) is 3.43. The molecule has 0 aliphatic heterocycles. The third kappa shape index (κ3) is 2.85. The highest BCUT2D eigenvalue weighted by molar-refractivity contribution is 5.81. The van der Waals surface area contributed by atoms with Gasteiger partial charge >= 0.3 is 0 Å². The zero-order chi connectivity index (χ0) is 14.1. The number of fused-ring (bicyclic) bond motifs is 1. The van der Waals surface area contributed by atoms with Crippen molar-refractivity contribution in [3.05, 3.63) is 35.1 Å². The Bertz CT molecular complexity index is 513. The molecule has 108 valence electrons. The van der Waals surface area contributed by atoms with E-state index >= 15 is 0 Å². The van der Waals surface area contributed by atoms with E-state index in [1.807, 2.05) is 6.07 Å². The summed E-state index contributed by atoms with van der Waals surface area (Å²) < 4.78 is 19.2. The standard InChI is InChI=1S/C16H20FNO2/c1-10(20-9-11-5-6-11)16(19)18-15-8-7-12-13(15)3-2-4-14(12)17/h2-4,10-11,15H,5-9H2,1H3,(H,18,19)/t10-,15+/m0/s1. The largest absolute Gasteiger partial charge is 0.368 e. The van der Waals surface area contributed by atoms with Gasteiger partial charge in [-0.3, -0.25) is 4.79 Å². The molecule has 20 heavy (non-hydrogen) atoms. The number of benzene rings is 1. The molecule has 2 aliphatic carbocycles. The van der Waals surface area contributed by atoms with Gasteiger partial charge in [-0.1, -0.05) is 12.1 Å². The molecule has 0 bridgehead atoms. The predicted octanol–water partition coefficient (Wildman–Crippen LogP) is 2.74. The molecule has 1 amide bonds. The van der Waals surface area contributed by atoms with E-state index in [2.05, 4.69) is 5.32 Å². The van der Waals surface area contributed by atoms with Crippen LogP contribution in [0, 0.1) is 11.7 Å². The van der Waals surface area contributed by atoms with Gasteiger partial charge in [0.25, 0.3) is 0 Å². The molecular weight excluding hydrogens is 257 g/mol. The molecule has 1 aromatic carbocycles. The highest BCUT2D eigenvalue weighted by Crippen LogP contribution is 2.33. The molecule has 2 aliphatic rings. The van der Waals surface area contributed by atoms with Crippen LogP contribution in [0.4, 0.5) is 4.39 Å². The maximum absolute atomic E-state index is 13.6. The van der Waals surface area contributed by atoms with E-state index in [9.17, 15) is 9.18 Å². The molecule has 0 spiro atoms. The number of carbonyl (C=O) groups excluding carboxylic acids is 1. The molecular formula is C16H20FNO2. The van der Waals surface area contributed by atoms with Crippen molar-refractivity contribution < 1.29 is 13.9 Å². The van der Waals surface area contributed by atoms with Crippen LogP contribution in [0.5, 0.6) is 0 Å². The molecule has 1 aromatic rings. The first kappa shape index (κ1) is 13.6. The lowest BCUT2D eigenvalue weighted by molar-refractivity contribution is -0.132. The average Bonchev–Trinajstić information content (AvgIpc) is 3.18. The van der Waals surface area contributed by atoms with Crippen molar-refractivity contribution >= 4 is 5.91 Å². The minimum Gasteiger partial charge on any atom is -0.368 e. The molecule has 2 atom stereocenters. The van der Waals surface area contributed by atoms with Gasteiger partial charge in [0.05, 0.1) is 12.6 Å². The molecule has 3 rings (SSSR count). The number of nitrogens with one attached hydrogen (secondary N) is 1. The minimum atomic E-state index is -0.437. The van der Waals surface area contributed by atoms with Gasteiger partial charge in [-0.05, 0) is 55.7 Å². The van der Waals surface area contributed by atoms with Crippen LogP contribution >= 0.6 is 0 Å². The van der Waals surface area contributed by atoms with Crippen LogP contribution in [0.1, 0.15) is 43.4 Å². The molecule has 3 nitrogen and oxygen atoms in total. The van der Waals surface area contributed by atoms with Crippen LogP contribution in [0.3, 0.4) is 0 Å². The lowest BCUT2D eigenvalue weighted by Gasteiger charge is -2.18. The van der Waals surface area contributed by atoms with E-state index in [0.717, 1.165) is 17.5 Å². The summed E-state index contributed by atoms with van der Waals surface area (Å²) in [5.41, 5.74) is 1.65. The van der Waals surface area contributed by atoms with Crippen LogP contribution in [0.15, 0.2) is 18.2 Å². The zero-order valence-corrected chi connectivity index (χ0v) is 11.7. The van der Waals surface area contributed by atoms with E-state index in [-0.39, 0.29) is 17.8 Å². The molecule has 0 saturated heterocycles. The Balaban J connectivity index is 1.58. The second kappa shape index (κ2) is 5.52. The second-order valence-electron chi connectivity index (χ2n) is 5.83. The fourth-order valence-corrected chi connectivity index (χ4v) is 2.69. The average molecular weight is 277 g/mol. The summed E-state index contributed by atoms with van der Waals surface area (Å²) in [6, 6.07) is 4.99. The Kier molecular flexibility index (Phi) is 3.74. The molecule has 1 fully saturated rings. The Hall–Kier alpha value is -1.42. The van der Waals surface area contributed by atoms with Crippen LogP contribution in [-0.4, -0.2) is 18.6 Å². The Morgan fingerprint density at radius 2 is 2.25 bits per heavy atom. The van der Waals surface area contributed by atoms with Crippen molar-refractivity contribution in [2.24, 2.45) is 5.92 Å². The van der Waals surface area contributed by atoms with E-state index in [1.165, 1.54) is 18.9 Å². The summed E-state index contributed by atoms with van der Waals surface area (Å²) in [5, 5.41) is 2.98. The second-order valence-corrected chi connectivity index (χ2v) is 5.83. The third-order valence-electron chi connectivity index (χ3n) is 4.18. The molecule has 0 aromatic heterocycles. The fraction of sp³-hybridized carbons (Fsp3) is 0.562. The third-order valence-corrected chi connectivity index (χ3v) is 4.18. The highest BCUT2D eigenvalue weighted by Gasteiger charge is 2.28. The number of carbonyl (C=O) groups is 1. The van der Waals surface area contributed by atoms with Gasteiger partial charge in [0.2, 0.25) is 5.91 Å². The lowest BCUT2D eigenvalue weighted by atomic mass is 10.1. The molecule has 1 saturated carbocycles. The monoisotopic (exact) mass is 277 g/mol. The highest BCUT2D eigenvalue weighted by atomic mass is 19.1. The fourth-order valence-electron chi connectivity index (χ4n) is 2.69. The number of hydrogen-bond donors (Lipinski definition) is 1. The Morgan fingerprint density at radius 1 is 1.45 bits per heavy atom. The Morgan fingerprint density at radius 3 is 3.00 bits per heavy atom. The first-order chi connectivity index (χ1) is 9.65. The van der Waals surface area contributed by atoms with Crippen LogP contribution < -0.4 is 5.32 Å². The quantitative estimate of drug-likeness (QED) is 0.898. The van der Waals surface area contributed by atoms with E-state index in [4.69, 9.17) is 4.74 Å². The number of hydrogen-bond acceptors (Lipinski definition) is 2. The van der Waals surface area contributed by atoms with Crippen molar-refractivity contribution in [2.45, 2.75) is 44.8 Å². The predicted molar refractivity (Wildman–Crippen MR) is 73.7 cm³/mol. The molecule has 0 unspecified atom stereocenters. The smallest absolute Gasteiger partial charge is 0.249 e. The maximum atomic E-state index is 13.6. The minimum absolute atomic E-state index is 0.0832. The summed E-state index contributed by atoms with van der Waals surface area (Å²) in [7, 11) is 0. The maximum Gasteiger partial charge on any atom is 0.249 e. The summed E-state index contributed by atoms with van der Waals surface area (Å²) in [6.45, 7) is 2.45. The van der Waals surface area contributed by atoms with Gasteiger partial charge < -0.3 is 10.1 Å². The van der Waals surface area contributed by atoms with Gasteiger partial charge in [-0.25, -0.2) is 4.39 Å². The van der Waals surface area contributed by atoms with E-state index in [1.54, 1.807) is 13.0 Å². The van der Waals surface area contributed by atoms with Crippen LogP contribution in [-0.2, 0) is 16.0 Å². The molecule has 0 radical (unpaired) electrons. The first-order valence-corrected chi connectivity index (χ1v) is 7.34. The number of amides is 1. The topological polar surface area (TPSA) is 38.3 Å². The SMILES string of the molecule is C[C@H](OCC1CC1)C(=O)N[C@@H]1CCc2c(F)cccc21. The van der Waals surface area contributed by atoms with Gasteiger partial charge in [-0.15, -0.1) is 0 Å².